The zero-order valence-corrected chi connectivity index (χ0v) is 30.7. The van der Waals surface area contributed by atoms with Gasteiger partial charge in [0, 0.05) is 51.3 Å². The second-order valence-corrected chi connectivity index (χ2v) is 12.1. The van der Waals surface area contributed by atoms with Crippen molar-refractivity contribution in [2.45, 2.75) is 70.7 Å². The van der Waals surface area contributed by atoms with Gasteiger partial charge in [0.25, 0.3) is 0 Å². The van der Waals surface area contributed by atoms with Crippen molar-refractivity contribution in [3.05, 3.63) is 59.5 Å². The Labute approximate surface area is 318 Å². The summed E-state index contributed by atoms with van der Waals surface area (Å²) in [4.78, 5) is 53.6. The maximum atomic E-state index is 12.0. The minimum Gasteiger partial charge on any atom is -0.481 e. The number of nitrogen functional groups attached to an aromatic ring is 1. The molecule has 0 saturated heterocycles. The van der Waals surface area contributed by atoms with E-state index in [0.717, 1.165) is 17.5 Å². The van der Waals surface area contributed by atoms with Gasteiger partial charge in [0.05, 0.1) is 39.2 Å². The van der Waals surface area contributed by atoms with E-state index < -0.39 is 24.0 Å². The smallest absolute Gasteiger partial charge is 0.326 e. The van der Waals surface area contributed by atoms with E-state index in [1.54, 1.807) is 23.1 Å². The van der Waals surface area contributed by atoms with Crippen molar-refractivity contribution in [2.24, 2.45) is 0 Å². The normalized spacial score (nSPS) is 11.5. The van der Waals surface area contributed by atoms with Gasteiger partial charge in [0.15, 0.2) is 0 Å². The Morgan fingerprint density at radius 1 is 0.818 bits per heavy atom. The molecule has 1 atom stereocenters. The topological polar surface area (TPSA) is 273 Å². The molecule has 1 aromatic carbocycles. The van der Waals surface area contributed by atoms with Crippen LogP contribution in [0.4, 0.5) is 10.7 Å². The molecule has 0 radical (unpaired) electrons. The lowest BCUT2D eigenvalue weighted by atomic mass is 10.1. The minimum atomic E-state index is -1.29. The highest BCUT2D eigenvalue weighted by atomic mass is 16.7. The van der Waals surface area contributed by atoms with E-state index in [4.69, 9.17) is 39.6 Å². The van der Waals surface area contributed by atoms with E-state index in [-0.39, 0.29) is 38.1 Å². The number of carboxylic acid groups (broad SMARTS) is 2. The molecular weight excluding hydrogens is 722 g/mol. The lowest BCUT2D eigenvalue weighted by molar-refractivity contribution is -0.140. The first kappa shape index (κ1) is 44.0. The molecule has 302 valence electrons. The van der Waals surface area contributed by atoms with E-state index in [1.165, 1.54) is 0 Å². The van der Waals surface area contributed by atoms with Crippen LogP contribution in [0, 0.1) is 0 Å². The van der Waals surface area contributed by atoms with Gasteiger partial charge in [-0.1, -0.05) is 29.5 Å². The Balaban J connectivity index is 1.07. The number of carboxylic acids is 2. The number of nitrogens with one attached hydrogen (secondary N) is 3. The highest BCUT2D eigenvalue weighted by molar-refractivity contribution is 5.83. The van der Waals surface area contributed by atoms with Gasteiger partial charge in [-0.25, -0.2) is 14.6 Å². The van der Waals surface area contributed by atoms with Crippen molar-refractivity contribution in [1.29, 1.82) is 0 Å². The number of rotatable bonds is 30. The van der Waals surface area contributed by atoms with Crippen LogP contribution in [0.2, 0.25) is 0 Å². The number of ether oxygens (including phenoxy) is 5. The fraction of sp³-hybridized carbons (Fsp3) is 0.543. The first-order valence-electron chi connectivity index (χ1n) is 17.9. The lowest BCUT2D eigenvalue weighted by Gasteiger charge is -2.14. The number of aryl methyl sites for hydroxylation is 1. The van der Waals surface area contributed by atoms with Crippen LogP contribution >= 0.6 is 0 Å². The number of amides is 3. The molecule has 3 rings (SSSR count). The first-order valence-corrected chi connectivity index (χ1v) is 17.9. The van der Waals surface area contributed by atoms with Crippen LogP contribution in [0.3, 0.4) is 0 Å². The summed E-state index contributed by atoms with van der Waals surface area (Å²) in [5, 5.41) is 33.6. The molecule has 0 saturated carbocycles. The average Bonchev–Trinajstić information content (AvgIpc) is 3.62. The number of aromatic nitrogens is 5. The molecule has 0 bridgehead atoms. The van der Waals surface area contributed by atoms with Crippen LogP contribution in [-0.4, -0.2) is 118 Å². The number of carbonyl (C=O) groups excluding carboxylic acids is 2. The fourth-order valence-electron chi connectivity index (χ4n) is 4.69. The molecule has 20 nitrogen and oxygen atoms in total. The highest BCUT2D eigenvalue weighted by Gasteiger charge is 2.20. The molecule has 55 heavy (non-hydrogen) atoms. The van der Waals surface area contributed by atoms with Gasteiger partial charge in [-0.15, -0.1) is 5.10 Å². The predicted octanol–water partition coefficient (Wildman–Crippen LogP) is 1.29. The van der Waals surface area contributed by atoms with Gasteiger partial charge in [-0.3, -0.25) is 14.3 Å². The molecule has 0 aliphatic carbocycles. The molecular formula is C35H51N9O11. The van der Waals surface area contributed by atoms with Gasteiger partial charge >= 0.3 is 18.0 Å². The zero-order chi connectivity index (χ0) is 39.5. The number of hydrogen-bond donors (Lipinski definition) is 6. The number of benzene rings is 1. The molecule has 2 heterocycles. The molecule has 2 aromatic heterocycles. The van der Waals surface area contributed by atoms with Crippen molar-refractivity contribution in [2.75, 3.05) is 58.7 Å². The van der Waals surface area contributed by atoms with Crippen molar-refractivity contribution in [3.8, 4) is 5.88 Å². The third kappa shape index (κ3) is 20.6. The number of hydrogen-bond acceptors (Lipinski definition) is 14. The monoisotopic (exact) mass is 773 g/mol. The molecule has 7 N–H and O–H groups in total. The van der Waals surface area contributed by atoms with Crippen LogP contribution in [0.25, 0.3) is 0 Å². The Bertz CT molecular complexity index is 1580. The molecule has 3 amide bonds. The van der Waals surface area contributed by atoms with Crippen molar-refractivity contribution >= 4 is 29.8 Å². The van der Waals surface area contributed by atoms with Gasteiger partial charge < -0.3 is 55.6 Å². The molecule has 3 aromatic rings. The minimum absolute atomic E-state index is 0.0671. The van der Waals surface area contributed by atoms with Crippen LogP contribution in [0.1, 0.15) is 55.3 Å². The van der Waals surface area contributed by atoms with Crippen molar-refractivity contribution in [3.63, 3.8) is 0 Å². The summed E-state index contributed by atoms with van der Waals surface area (Å²) < 4.78 is 29.3. The number of carbonyl (C=O) groups is 4. The summed E-state index contributed by atoms with van der Waals surface area (Å²) >= 11 is 0. The fourth-order valence-corrected chi connectivity index (χ4v) is 4.69. The largest absolute Gasteiger partial charge is 0.481 e. The van der Waals surface area contributed by atoms with Crippen LogP contribution < -0.4 is 26.4 Å². The summed E-state index contributed by atoms with van der Waals surface area (Å²) in [6.07, 6.45) is 5.67. The van der Waals surface area contributed by atoms with E-state index in [2.05, 4.69) is 36.2 Å². The number of aliphatic carboxylic acids is 2. The summed E-state index contributed by atoms with van der Waals surface area (Å²) in [6.45, 7) is 4.02. The maximum absolute atomic E-state index is 12.0. The Morgan fingerprint density at radius 3 is 2.38 bits per heavy atom. The molecule has 0 aliphatic heterocycles. The first-order chi connectivity index (χ1) is 26.7. The zero-order valence-electron chi connectivity index (χ0n) is 30.7. The molecule has 20 heteroatoms. The quantitative estimate of drug-likeness (QED) is 0.0411. The lowest BCUT2D eigenvalue weighted by Crippen LogP contribution is -2.46. The summed E-state index contributed by atoms with van der Waals surface area (Å²) in [6, 6.07) is 7.74. The maximum Gasteiger partial charge on any atom is 0.326 e. The second kappa shape index (κ2) is 26.4. The van der Waals surface area contributed by atoms with Gasteiger partial charge in [0.2, 0.25) is 17.7 Å². The van der Waals surface area contributed by atoms with E-state index in [9.17, 15) is 19.2 Å². The highest BCUT2D eigenvalue weighted by Crippen LogP contribution is 2.11. The number of unbranched alkanes of at least 4 members (excludes halogenated alkanes) is 1. The Hall–Kier alpha value is -5.44. The molecule has 0 aliphatic rings. The number of anilines is 1. The second-order valence-electron chi connectivity index (χ2n) is 12.1. The summed E-state index contributed by atoms with van der Waals surface area (Å²) in [5.41, 5.74) is 8.35. The standard InChI is InChI=1S/C35H51N9O11/c36-34-38-14-11-31(41-34)55-23-27-7-5-26(6-8-27)12-18-51-19-15-37-30(45)4-3-17-53-25-54-21-20-52-24-28-22-44(43-42-28)16-2-1-13-39-35(50)40-29(33(48)49)9-10-32(46)47/h5-8,11,14,22,29H,1-4,9-10,12-13,15-21,23-25H2,(H,37,45)(H,46,47)(H,48,49)(H2,36,38,41)(H2,39,40,50)/t29-/m0/s1. The van der Waals surface area contributed by atoms with Crippen LogP contribution in [-0.2, 0) is 59.5 Å². The van der Waals surface area contributed by atoms with Crippen LogP contribution in [0.5, 0.6) is 5.88 Å². The number of nitrogens with two attached hydrogens (primary N) is 1. The number of urea groups is 1. The van der Waals surface area contributed by atoms with E-state index in [0.29, 0.717) is 96.5 Å². The molecule has 0 spiro atoms. The summed E-state index contributed by atoms with van der Waals surface area (Å²) in [7, 11) is 0. The van der Waals surface area contributed by atoms with Gasteiger partial charge in [-0.05, 0) is 43.2 Å². The molecule has 0 unspecified atom stereocenters. The number of nitrogens with zero attached hydrogens (tertiary/aromatic N) is 5. The third-order valence-electron chi connectivity index (χ3n) is 7.58. The van der Waals surface area contributed by atoms with Crippen molar-refractivity contribution < 1.29 is 53.1 Å². The predicted molar refractivity (Wildman–Crippen MR) is 194 cm³/mol. The Kier molecular flexibility index (Phi) is 21.1. The average molecular weight is 774 g/mol. The third-order valence-corrected chi connectivity index (χ3v) is 7.58. The van der Waals surface area contributed by atoms with Crippen molar-refractivity contribution in [1.82, 2.24) is 40.9 Å². The van der Waals surface area contributed by atoms with Gasteiger partial charge in [-0.2, -0.15) is 4.98 Å². The van der Waals surface area contributed by atoms with E-state index in [1.807, 2.05) is 24.3 Å². The Morgan fingerprint density at radius 2 is 1.60 bits per heavy atom. The van der Waals surface area contributed by atoms with Crippen LogP contribution in [0.15, 0.2) is 42.7 Å². The van der Waals surface area contributed by atoms with Gasteiger partial charge in [0.1, 0.15) is 25.1 Å². The summed E-state index contributed by atoms with van der Waals surface area (Å²) in [5.74, 6) is -1.91. The van der Waals surface area contributed by atoms with E-state index >= 15 is 0 Å². The SMILES string of the molecule is Nc1nccc(OCc2ccc(CCOCCNC(=O)CCCOCOCCOCc3cn(CCCCNC(=O)N[C@@H](CCC(=O)O)C(=O)O)nn3)cc2)n1. The molecule has 0 fully saturated rings.